The molecule has 11 nitrogen and oxygen atoms in total. The van der Waals surface area contributed by atoms with Crippen LogP contribution in [0.4, 0.5) is 0 Å². The molecule has 49 heavy (non-hydrogen) atoms. The molecule has 13 heteroatoms. The van der Waals surface area contributed by atoms with Gasteiger partial charge in [-0.15, -0.1) is 0 Å². The minimum Gasteiger partial charge on any atom is -0.481 e. The van der Waals surface area contributed by atoms with Crippen LogP contribution in [0.1, 0.15) is 36.8 Å². The van der Waals surface area contributed by atoms with Crippen LogP contribution < -0.4 is 26.0 Å². The zero-order chi connectivity index (χ0) is 33.9. The van der Waals surface area contributed by atoms with Crippen LogP contribution in [0.2, 0.25) is 10.0 Å². The molecule has 0 spiro atoms. The predicted molar refractivity (Wildman–Crippen MR) is 189 cm³/mol. The van der Waals surface area contributed by atoms with E-state index in [0.717, 1.165) is 51.9 Å². The standard InChI is InChI=1S/C36H36Cl2N8O3/c1-49-36-21(16-39-19-23-9-12-31(47)42-23)8-11-29(45-36)27-6-2-4-25(33(27)37)26-5-3-7-28(34(26)38)30-14-15-46-35(44-30)22(18-41-46)17-40-20-24-10-13-32(48)43-24/h2-8,11,14-15,18,23-24,39-40H,9-10,12-13,16-17,19-20H2,1H3,(H,42,47)(H,43,48)/t23-,24+/m0/s1. The van der Waals surface area contributed by atoms with Gasteiger partial charge in [0.15, 0.2) is 5.65 Å². The quantitative estimate of drug-likeness (QED) is 0.140. The van der Waals surface area contributed by atoms with Crippen LogP contribution in [0.15, 0.2) is 67.0 Å². The number of nitrogens with one attached hydrogen (secondary N) is 4. The first-order chi connectivity index (χ1) is 23.9. The van der Waals surface area contributed by atoms with Crippen molar-refractivity contribution in [1.29, 1.82) is 0 Å². The summed E-state index contributed by atoms with van der Waals surface area (Å²) in [4.78, 5) is 32.8. The second-order valence-electron chi connectivity index (χ2n) is 12.3. The Morgan fingerprint density at radius 2 is 1.35 bits per heavy atom. The molecule has 2 aliphatic heterocycles. The molecule has 4 N–H and O–H groups in total. The number of nitrogens with zero attached hydrogens (tertiary/aromatic N) is 4. The number of carbonyl (C=O) groups excluding carboxylic acids is 2. The van der Waals surface area contributed by atoms with Crippen molar-refractivity contribution in [2.75, 3.05) is 20.2 Å². The Labute approximate surface area is 293 Å². The van der Waals surface area contributed by atoms with Gasteiger partial charge in [-0.25, -0.2) is 14.5 Å². The monoisotopic (exact) mass is 698 g/mol. The minimum atomic E-state index is 0.0990. The fourth-order valence-electron chi connectivity index (χ4n) is 6.42. The lowest BCUT2D eigenvalue weighted by molar-refractivity contribution is -0.120. The van der Waals surface area contributed by atoms with Gasteiger partial charge in [0, 0.05) is 90.7 Å². The van der Waals surface area contributed by atoms with Crippen LogP contribution in [0.5, 0.6) is 5.88 Å². The lowest BCUT2D eigenvalue weighted by atomic mass is 9.98. The maximum absolute atomic E-state index is 11.5. The molecule has 5 heterocycles. The Bertz CT molecular complexity index is 2030. The molecule has 0 aliphatic carbocycles. The highest BCUT2D eigenvalue weighted by Crippen LogP contribution is 2.42. The van der Waals surface area contributed by atoms with Crippen LogP contribution >= 0.6 is 23.2 Å². The topological polar surface area (TPSA) is 135 Å². The number of aromatic nitrogens is 4. The van der Waals surface area contributed by atoms with E-state index in [0.29, 0.717) is 66.3 Å². The largest absolute Gasteiger partial charge is 0.481 e. The van der Waals surface area contributed by atoms with Crippen LogP contribution in [-0.2, 0) is 22.7 Å². The summed E-state index contributed by atoms with van der Waals surface area (Å²) < 4.78 is 7.39. The Morgan fingerprint density at radius 3 is 1.92 bits per heavy atom. The first-order valence-electron chi connectivity index (χ1n) is 16.3. The van der Waals surface area contributed by atoms with Crippen molar-refractivity contribution in [1.82, 2.24) is 40.8 Å². The van der Waals surface area contributed by atoms with E-state index in [1.54, 1.807) is 17.8 Å². The van der Waals surface area contributed by atoms with E-state index in [1.165, 1.54) is 0 Å². The molecule has 2 aromatic carbocycles. The van der Waals surface area contributed by atoms with Crippen molar-refractivity contribution in [3.05, 3.63) is 88.2 Å². The van der Waals surface area contributed by atoms with Crippen molar-refractivity contribution in [3.63, 3.8) is 0 Å². The molecular weight excluding hydrogens is 663 g/mol. The smallest absolute Gasteiger partial charge is 0.220 e. The summed E-state index contributed by atoms with van der Waals surface area (Å²) in [6.45, 7) is 2.48. The molecule has 0 saturated carbocycles. The zero-order valence-electron chi connectivity index (χ0n) is 26.9. The molecule has 0 unspecified atom stereocenters. The first-order valence-corrected chi connectivity index (χ1v) is 17.1. The Morgan fingerprint density at radius 1 is 0.776 bits per heavy atom. The fraction of sp³-hybridized carbons (Fsp3) is 0.306. The predicted octanol–water partition coefficient (Wildman–Crippen LogP) is 5.18. The minimum absolute atomic E-state index is 0.0990. The second kappa shape index (κ2) is 14.5. The normalized spacial score (nSPS) is 17.4. The van der Waals surface area contributed by atoms with Crippen molar-refractivity contribution in [2.45, 2.75) is 50.9 Å². The third-order valence-electron chi connectivity index (χ3n) is 9.00. The lowest BCUT2D eigenvalue weighted by Gasteiger charge is -2.15. The summed E-state index contributed by atoms with van der Waals surface area (Å²) in [5, 5.41) is 18.3. The molecule has 0 bridgehead atoms. The number of halogens is 2. The average Bonchev–Trinajstić information content (AvgIpc) is 3.84. The number of methoxy groups -OCH3 is 1. The van der Waals surface area contributed by atoms with Crippen molar-refractivity contribution in [3.8, 4) is 39.5 Å². The molecule has 2 atom stereocenters. The zero-order valence-corrected chi connectivity index (χ0v) is 28.4. The molecule has 2 amide bonds. The number of hydrogen-bond acceptors (Lipinski definition) is 8. The number of amides is 2. The van der Waals surface area contributed by atoms with Crippen molar-refractivity contribution < 1.29 is 14.3 Å². The maximum Gasteiger partial charge on any atom is 0.220 e. The Hall–Kier alpha value is -4.55. The van der Waals surface area contributed by atoms with Gasteiger partial charge in [0.05, 0.1) is 34.7 Å². The van der Waals surface area contributed by atoms with Gasteiger partial charge < -0.3 is 26.0 Å². The molecule has 3 aromatic heterocycles. The molecule has 2 aliphatic rings. The third-order valence-corrected chi connectivity index (χ3v) is 9.81. The molecule has 252 valence electrons. The van der Waals surface area contributed by atoms with Crippen molar-refractivity contribution in [2.24, 2.45) is 0 Å². The van der Waals surface area contributed by atoms with Gasteiger partial charge >= 0.3 is 0 Å². The van der Waals surface area contributed by atoms with Crippen LogP contribution in [0.25, 0.3) is 39.3 Å². The van der Waals surface area contributed by atoms with Crippen LogP contribution in [0, 0.1) is 0 Å². The van der Waals surface area contributed by atoms with Gasteiger partial charge in [-0.1, -0.05) is 65.7 Å². The maximum atomic E-state index is 11.5. The van der Waals surface area contributed by atoms with E-state index < -0.39 is 0 Å². The SMILES string of the molecule is COc1nc(-c2cccc(-c3cccc(-c4ccn5ncc(CNC[C@H]6CCC(=O)N6)c5n4)c3Cl)c2Cl)ccc1CNC[C@@H]1CCC(=O)N1. The number of fused-ring (bicyclic) bond motifs is 1. The molecule has 2 saturated heterocycles. The molecule has 5 aromatic rings. The molecular formula is C36H36Cl2N8O3. The second-order valence-corrected chi connectivity index (χ2v) is 13.1. The van der Waals surface area contributed by atoms with E-state index in [1.807, 2.05) is 60.8 Å². The summed E-state index contributed by atoms with van der Waals surface area (Å²) in [5.74, 6) is 0.704. The Kier molecular flexibility index (Phi) is 9.77. The summed E-state index contributed by atoms with van der Waals surface area (Å²) in [7, 11) is 1.60. The lowest BCUT2D eigenvalue weighted by Crippen LogP contribution is -2.35. The van der Waals surface area contributed by atoms with Gasteiger partial charge in [0.1, 0.15) is 0 Å². The number of ether oxygens (including phenoxy) is 1. The number of benzene rings is 2. The van der Waals surface area contributed by atoms with Crippen LogP contribution in [0.3, 0.4) is 0 Å². The highest BCUT2D eigenvalue weighted by Gasteiger charge is 2.22. The number of rotatable bonds is 12. The summed E-state index contributed by atoms with van der Waals surface area (Å²) in [6.07, 6.45) is 6.50. The number of pyridine rings is 1. The highest BCUT2D eigenvalue weighted by molar-refractivity contribution is 6.39. The van der Waals surface area contributed by atoms with Gasteiger partial charge in [0.2, 0.25) is 17.7 Å². The van der Waals surface area contributed by atoms with Gasteiger partial charge in [-0.05, 0) is 25.0 Å². The van der Waals surface area contributed by atoms with Crippen LogP contribution in [-0.4, -0.2) is 63.7 Å². The average molecular weight is 700 g/mol. The van der Waals surface area contributed by atoms with Gasteiger partial charge in [-0.2, -0.15) is 5.10 Å². The van der Waals surface area contributed by atoms with E-state index in [4.69, 9.17) is 37.9 Å². The van der Waals surface area contributed by atoms with E-state index in [-0.39, 0.29) is 23.9 Å². The summed E-state index contributed by atoms with van der Waals surface area (Å²) >= 11 is 14.2. The van der Waals surface area contributed by atoms with Crippen molar-refractivity contribution >= 4 is 40.7 Å². The highest BCUT2D eigenvalue weighted by atomic mass is 35.5. The third kappa shape index (κ3) is 7.11. The van der Waals surface area contributed by atoms with Gasteiger partial charge in [0.25, 0.3) is 0 Å². The summed E-state index contributed by atoms with van der Waals surface area (Å²) in [6, 6.07) is 17.7. The fourth-order valence-corrected chi connectivity index (χ4v) is 7.07. The molecule has 2 fully saturated rings. The first kappa shape index (κ1) is 33.0. The Balaban J connectivity index is 1.11. The molecule has 0 radical (unpaired) electrons. The summed E-state index contributed by atoms with van der Waals surface area (Å²) in [5.41, 5.74) is 7.02. The number of carbonyl (C=O) groups is 2. The van der Waals surface area contributed by atoms with E-state index in [2.05, 4.69) is 26.4 Å². The van der Waals surface area contributed by atoms with Gasteiger partial charge in [-0.3, -0.25) is 9.59 Å². The molecule has 7 rings (SSSR count). The van der Waals surface area contributed by atoms with E-state index in [9.17, 15) is 9.59 Å². The number of hydrogen-bond donors (Lipinski definition) is 4. The van der Waals surface area contributed by atoms with E-state index >= 15 is 0 Å².